The molecule has 2 aromatic rings. The van der Waals surface area contributed by atoms with E-state index in [9.17, 15) is 8.78 Å². The Balaban J connectivity index is 2.50. The second kappa shape index (κ2) is 6.03. The lowest BCUT2D eigenvalue weighted by atomic mass is 10.1. The van der Waals surface area contributed by atoms with Gasteiger partial charge in [0, 0.05) is 21.8 Å². The SMILES string of the molecule is NC(=S)c1ccc(Br)cc1Nc1c(F)cc(F)cc1Cl. The second-order valence-corrected chi connectivity index (χ2v) is 5.69. The van der Waals surface area contributed by atoms with Gasteiger partial charge < -0.3 is 11.1 Å². The Morgan fingerprint density at radius 2 is 1.95 bits per heavy atom. The van der Waals surface area contributed by atoms with Gasteiger partial charge in [0.25, 0.3) is 0 Å². The van der Waals surface area contributed by atoms with Crippen LogP contribution < -0.4 is 11.1 Å². The summed E-state index contributed by atoms with van der Waals surface area (Å²) < 4.78 is 27.5. The quantitative estimate of drug-likeness (QED) is 0.758. The molecule has 2 aromatic carbocycles. The molecule has 0 saturated carbocycles. The second-order valence-electron chi connectivity index (χ2n) is 3.92. The van der Waals surface area contributed by atoms with Crippen LogP contribution >= 0.6 is 39.7 Å². The zero-order chi connectivity index (χ0) is 14.9. The van der Waals surface area contributed by atoms with Gasteiger partial charge in [-0.2, -0.15) is 0 Å². The number of benzene rings is 2. The van der Waals surface area contributed by atoms with E-state index in [1.165, 1.54) is 0 Å². The van der Waals surface area contributed by atoms with Gasteiger partial charge in [-0.15, -0.1) is 0 Å². The van der Waals surface area contributed by atoms with E-state index in [1.54, 1.807) is 18.2 Å². The molecule has 104 valence electrons. The van der Waals surface area contributed by atoms with E-state index in [0.717, 1.165) is 16.6 Å². The van der Waals surface area contributed by atoms with Crippen LogP contribution in [0.4, 0.5) is 20.2 Å². The van der Waals surface area contributed by atoms with Crippen molar-refractivity contribution in [3.05, 3.63) is 57.0 Å². The summed E-state index contributed by atoms with van der Waals surface area (Å²) in [6.07, 6.45) is 0. The molecule has 0 fully saturated rings. The molecule has 0 bridgehead atoms. The largest absolute Gasteiger partial charge is 0.389 e. The minimum atomic E-state index is -0.802. The topological polar surface area (TPSA) is 38.0 Å². The summed E-state index contributed by atoms with van der Waals surface area (Å²) in [7, 11) is 0. The molecule has 0 spiro atoms. The third kappa shape index (κ3) is 3.26. The Kier molecular flexibility index (Phi) is 4.57. The van der Waals surface area contributed by atoms with Gasteiger partial charge in [-0.3, -0.25) is 0 Å². The summed E-state index contributed by atoms with van der Waals surface area (Å²) in [6.45, 7) is 0. The van der Waals surface area contributed by atoms with Crippen LogP contribution in [0.3, 0.4) is 0 Å². The average molecular weight is 378 g/mol. The number of rotatable bonds is 3. The molecule has 3 N–H and O–H groups in total. The average Bonchev–Trinajstić information content (AvgIpc) is 2.33. The summed E-state index contributed by atoms with van der Waals surface area (Å²) in [5.41, 5.74) is 6.57. The number of halogens is 4. The number of nitrogens with two attached hydrogens (primary N) is 1. The van der Waals surface area contributed by atoms with Gasteiger partial charge in [-0.05, 0) is 24.3 Å². The lowest BCUT2D eigenvalue weighted by Crippen LogP contribution is -2.12. The van der Waals surface area contributed by atoms with Gasteiger partial charge in [0.15, 0.2) is 5.82 Å². The van der Waals surface area contributed by atoms with Crippen LogP contribution in [0.1, 0.15) is 5.56 Å². The number of hydrogen-bond donors (Lipinski definition) is 2. The highest BCUT2D eigenvalue weighted by Gasteiger charge is 2.13. The standard InChI is InChI=1S/C13H8BrClF2N2S/c14-6-1-2-8(13(18)20)11(3-6)19-12-9(15)4-7(16)5-10(12)17/h1-5,19H,(H2,18,20). The monoisotopic (exact) mass is 376 g/mol. The fourth-order valence-electron chi connectivity index (χ4n) is 1.63. The molecule has 2 rings (SSSR count). The van der Waals surface area contributed by atoms with Crippen LogP contribution in [-0.4, -0.2) is 4.99 Å². The third-order valence-corrected chi connectivity index (χ3v) is 3.52. The highest BCUT2D eigenvalue weighted by atomic mass is 79.9. The highest BCUT2D eigenvalue weighted by molar-refractivity contribution is 9.10. The number of nitrogens with one attached hydrogen (secondary N) is 1. The zero-order valence-corrected chi connectivity index (χ0v) is 13.0. The first-order valence-electron chi connectivity index (χ1n) is 5.39. The van der Waals surface area contributed by atoms with E-state index in [0.29, 0.717) is 11.3 Å². The van der Waals surface area contributed by atoms with Crippen LogP contribution in [0.2, 0.25) is 5.02 Å². The summed E-state index contributed by atoms with van der Waals surface area (Å²) in [6, 6.07) is 6.87. The van der Waals surface area contributed by atoms with Crippen molar-refractivity contribution < 1.29 is 8.78 Å². The maximum Gasteiger partial charge on any atom is 0.151 e. The molecule has 0 radical (unpaired) electrons. The first-order chi connectivity index (χ1) is 9.38. The predicted molar refractivity (Wildman–Crippen MR) is 84.7 cm³/mol. The molecule has 0 unspecified atom stereocenters. The lowest BCUT2D eigenvalue weighted by molar-refractivity contribution is 0.586. The molecule has 7 heteroatoms. The molecule has 0 heterocycles. The van der Waals surface area contributed by atoms with Crippen LogP contribution in [0.15, 0.2) is 34.8 Å². The van der Waals surface area contributed by atoms with Crippen molar-refractivity contribution in [2.75, 3.05) is 5.32 Å². The first kappa shape index (κ1) is 15.2. The van der Waals surface area contributed by atoms with Crippen LogP contribution in [0, 0.1) is 11.6 Å². The van der Waals surface area contributed by atoms with Gasteiger partial charge >= 0.3 is 0 Å². The van der Waals surface area contributed by atoms with Gasteiger partial charge in [-0.1, -0.05) is 39.7 Å². The first-order valence-corrected chi connectivity index (χ1v) is 6.97. The van der Waals surface area contributed by atoms with Gasteiger partial charge in [0.1, 0.15) is 10.8 Å². The molecule has 0 aliphatic carbocycles. The molecule has 0 amide bonds. The van der Waals surface area contributed by atoms with Gasteiger partial charge in [0.2, 0.25) is 0 Å². The number of thiocarbonyl (C=S) groups is 1. The Morgan fingerprint density at radius 3 is 2.55 bits per heavy atom. The summed E-state index contributed by atoms with van der Waals surface area (Å²) in [5, 5.41) is 2.71. The van der Waals surface area contributed by atoms with E-state index in [1.807, 2.05) is 0 Å². The Labute approximate surface area is 133 Å². The number of hydrogen-bond acceptors (Lipinski definition) is 2. The van der Waals surface area contributed by atoms with E-state index >= 15 is 0 Å². The summed E-state index contributed by atoms with van der Waals surface area (Å²) in [5.74, 6) is -1.55. The van der Waals surface area contributed by atoms with E-state index < -0.39 is 11.6 Å². The molecule has 0 saturated heterocycles. The van der Waals surface area contributed by atoms with Crippen molar-refractivity contribution in [1.82, 2.24) is 0 Å². The van der Waals surface area contributed by atoms with Crippen molar-refractivity contribution in [3.8, 4) is 0 Å². The summed E-state index contributed by atoms with van der Waals surface area (Å²) >= 11 is 14.1. The van der Waals surface area contributed by atoms with Crippen LogP contribution in [-0.2, 0) is 0 Å². The molecule has 20 heavy (non-hydrogen) atoms. The molecule has 0 aliphatic heterocycles. The van der Waals surface area contributed by atoms with Crippen LogP contribution in [0.5, 0.6) is 0 Å². The normalized spacial score (nSPS) is 10.4. The van der Waals surface area contributed by atoms with Crippen molar-refractivity contribution >= 4 is 56.1 Å². The molecule has 2 nitrogen and oxygen atoms in total. The fraction of sp³-hybridized carbons (Fsp3) is 0. The van der Waals surface area contributed by atoms with Gasteiger partial charge in [-0.25, -0.2) is 8.78 Å². The summed E-state index contributed by atoms with van der Waals surface area (Å²) in [4.78, 5) is 0.152. The smallest absolute Gasteiger partial charge is 0.151 e. The third-order valence-electron chi connectivity index (χ3n) is 2.51. The van der Waals surface area contributed by atoms with E-state index in [-0.39, 0.29) is 15.7 Å². The van der Waals surface area contributed by atoms with E-state index in [2.05, 4.69) is 21.2 Å². The van der Waals surface area contributed by atoms with Crippen molar-refractivity contribution in [2.24, 2.45) is 5.73 Å². The maximum atomic E-state index is 13.8. The molecule has 0 atom stereocenters. The maximum absolute atomic E-state index is 13.8. The molecular formula is C13H8BrClF2N2S. The highest BCUT2D eigenvalue weighted by Crippen LogP contribution is 2.32. The fourth-order valence-corrected chi connectivity index (χ4v) is 2.41. The van der Waals surface area contributed by atoms with E-state index in [4.69, 9.17) is 29.6 Å². The zero-order valence-electron chi connectivity index (χ0n) is 9.88. The Bertz CT molecular complexity index is 671. The van der Waals surface area contributed by atoms with Gasteiger partial charge in [0.05, 0.1) is 10.7 Å². The minimum absolute atomic E-state index is 0.0383. The van der Waals surface area contributed by atoms with Crippen LogP contribution in [0.25, 0.3) is 0 Å². The Hall–Kier alpha value is -1.24. The molecular weight excluding hydrogens is 370 g/mol. The molecule has 0 aliphatic rings. The van der Waals surface area contributed by atoms with Crippen molar-refractivity contribution in [3.63, 3.8) is 0 Å². The Morgan fingerprint density at radius 1 is 1.25 bits per heavy atom. The predicted octanol–water partition coefficient (Wildman–Crippen LogP) is 4.76. The lowest BCUT2D eigenvalue weighted by Gasteiger charge is -2.14. The van der Waals surface area contributed by atoms with Crippen molar-refractivity contribution in [2.45, 2.75) is 0 Å². The molecule has 0 aromatic heterocycles. The minimum Gasteiger partial charge on any atom is -0.389 e. The number of anilines is 2. The van der Waals surface area contributed by atoms with Crippen molar-refractivity contribution in [1.29, 1.82) is 0 Å².